The van der Waals surface area contributed by atoms with Crippen molar-refractivity contribution in [2.45, 2.75) is 6.04 Å². The number of ether oxygens (including phenoxy) is 1. The average Bonchev–Trinajstić information content (AvgIpc) is 2.40. The van der Waals surface area contributed by atoms with E-state index in [9.17, 15) is 0 Å². The van der Waals surface area contributed by atoms with E-state index in [4.69, 9.17) is 9.84 Å². The minimum atomic E-state index is -0.0611. The van der Waals surface area contributed by atoms with Crippen molar-refractivity contribution in [2.75, 3.05) is 20.3 Å². The van der Waals surface area contributed by atoms with Crippen LogP contribution in [-0.4, -0.2) is 36.4 Å². The molecule has 2 N–H and O–H groups in total. The third-order valence-corrected chi connectivity index (χ3v) is 2.66. The number of aliphatic hydroxyl groups excluding tert-OH is 1. The number of hydrogen-bond donors (Lipinski definition) is 2. The Hall–Kier alpha value is -1.65. The summed E-state index contributed by atoms with van der Waals surface area (Å²) in [6.45, 7) is 0.470. The maximum Gasteiger partial charge on any atom is 0.145 e. The van der Waals surface area contributed by atoms with Crippen molar-refractivity contribution in [3.63, 3.8) is 0 Å². The van der Waals surface area contributed by atoms with Gasteiger partial charge in [-0.3, -0.25) is 4.98 Å². The van der Waals surface area contributed by atoms with E-state index in [0.29, 0.717) is 6.61 Å². The van der Waals surface area contributed by atoms with Crippen molar-refractivity contribution in [3.8, 4) is 5.75 Å². The molecule has 90 valence electrons. The maximum atomic E-state index is 9.06. The summed E-state index contributed by atoms with van der Waals surface area (Å²) in [5.74, 6) is 0.747. The Morgan fingerprint density at radius 2 is 2.18 bits per heavy atom. The van der Waals surface area contributed by atoms with E-state index in [1.54, 1.807) is 13.2 Å². The van der Waals surface area contributed by atoms with Gasteiger partial charge in [0.2, 0.25) is 0 Å². The highest BCUT2D eigenvalue weighted by molar-refractivity contribution is 5.84. The summed E-state index contributed by atoms with van der Waals surface area (Å²) < 4.78 is 5.68. The first kappa shape index (κ1) is 11.8. The Bertz CT molecular complexity index is 478. The van der Waals surface area contributed by atoms with Gasteiger partial charge in [0.25, 0.3) is 0 Å². The molecule has 1 aromatic heterocycles. The van der Waals surface area contributed by atoms with Crippen LogP contribution < -0.4 is 10.1 Å². The third-order valence-electron chi connectivity index (χ3n) is 2.66. The topological polar surface area (TPSA) is 54.4 Å². The molecule has 4 heteroatoms. The van der Waals surface area contributed by atoms with E-state index in [2.05, 4.69) is 10.3 Å². The standard InChI is InChI=1S/C13H16N2O2/c1-14-11(8-16)9-17-12-6-2-4-10-5-3-7-15-13(10)12/h2-7,11,14,16H,8-9H2,1H3. The normalized spacial score (nSPS) is 12.6. The van der Waals surface area contributed by atoms with E-state index >= 15 is 0 Å². The Balaban J connectivity index is 2.18. The Morgan fingerprint density at radius 3 is 2.94 bits per heavy atom. The van der Waals surface area contributed by atoms with Gasteiger partial charge < -0.3 is 15.2 Å². The minimum absolute atomic E-state index is 0.0503. The first-order valence-electron chi connectivity index (χ1n) is 5.60. The zero-order valence-corrected chi connectivity index (χ0v) is 9.76. The number of nitrogens with one attached hydrogen (secondary N) is 1. The summed E-state index contributed by atoms with van der Waals surface area (Å²) >= 11 is 0. The van der Waals surface area contributed by atoms with Gasteiger partial charge in [0.1, 0.15) is 17.9 Å². The summed E-state index contributed by atoms with van der Waals surface area (Å²) in [7, 11) is 1.80. The molecule has 0 saturated heterocycles. The van der Waals surface area contributed by atoms with Gasteiger partial charge in [0.05, 0.1) is 12.6 Å². The molecule has 0 aliphatic heterocycles. The van der Waals surface area contributed by atoms with Crippen LogP contribution in [0.5, 0.6) is 5.75 Å². The summed E-state index contributed by atoms with van der Waals surface area (Å²) in [5.41, 5.74) is 0.850. The van der Waals surface area contributed by atoms with E-state index in [1.807, 2.05) is 30.3 Å². The van der Waals surface area contributed by atoms with Crippen LogP contribution in [0.4, 0.5) is 0 Å². The molecule has 17 heavy (non-hydrogen) atoms. The van der Waals surface area contributed by atoms with Gasteiger partial charge in [0.15, 0.2) is 0 Å². The van der Waals surface area contributed by atoms with Crippen LogP contribution >= 0.6 is 0 Å². The number of pyridine rings is 1. The van der Waals surface area contributed by atoms with Crippen LogP contribution in [0, 0.1) is 0 Å². The maximum absolute atomic E-state index is 9.06. The predicted octanol–water partition coefficient (Wildman–Crippen LogP) is 1.19. The van der Waals surface area contributed by atoms with Crippen molar-refractivity contribution >= 4 is 10.9 Å². The lowest BCUT2D eigenvalue weighted by Gasteiger charge is -2.15. The molecule has 2 rings (SSSR count). The van der Waals surface area contributed by atoms with Crippen LogP contribution in [0.15, 0.2) is 36.5 Å². The second-order valence-corrected chi connectivity index (χ2v) is 3.81. The number of nitrogens with zero attached hydrogens (tertiary/aromatic N) is 1. The molecule has 2 aromatic rings. The largest absolute Gasteiger partial charge is 0.490 e. The number of para-hydroxylation sites is 1. The zero-order chi connectivity index (χ0) is 12.1. The lowest BCUT2D eigenvalue weighted by Crippen LogP contribution is -2.35. The average molecular weight is 232 g/mol. The molecule has 0 amide bonds. The van der Waals surface area contributed by atoms with Crippen molar-refractivity contribution < 1.29 is 9.84 Å². The van der Waals surface area contributed by atoms with Gasteiger partial charge in [-0.25, -0.2) is 0 Å². The van der Waals surface area contributed by atoms with Gasteiger partial charge in [-0.05, 0) is 19.2 Å². The lowest BCUT2D eigenvalue weighted by molar-refractivity contribution is 0.190. The first-order valence-corrected chi connectivity index (χ1v) is 5.60. The second-order valence-electron chi connectivity index (χ2n) is 3.81. The number of hydrogen-bond acceptors (Lipinski definition) is 4. The molecule has 0 bridgehead atoms. The quantitative estimate of drug-likeness (QED) is 0.813. The van der Waals surface area contributed by atoms with Gasteiger partial charge in [-0.2, -0.15) is 0 Å². The smallest absolute Gasteiger partial charge is 0.145 e. The highest BCUT2D eigenvalue weighted by atomic mass is 16.5. The molecule has 0 aliphatic rings. The van der Waals surface area contributed by atoms with Crippen molar-refractivity contribution in [1.82, 2.24) is 10.3 Å². The number of likely N-dealkylation sites (N-methyl/N-ethyl adjacent to an activating group) is 1. The molecule has 0 aliphatic carbocycles. The van der Waals surface area contributed by atoms with E-state index in [0.717, 1.165) is 16.7 Å². The van der Waals surface area contributed by atoms with Gasteiger partial charge >= 0.3 is 0 Å². The minimum Gasteiger partial charge on any atom is -0.490 e. The van der Waals surface area contributed by atoms with Gasteiger partial charge in [-0.1, -0.05) is 18.2 Å². The molecule has 0 saturated carbocycles. The Kier molecular flexibility index (Phi) is 3.90. The van der Waals surface area contributed by atoms with Gasteiger partial charge in [0, 0.05) is 11.6 Å². The van der Waals surface area contributed by atoms with Crippen LogP contribution in [0.2, 0.25) is 0 Å². The second kappa shape index (κ2) is 5.61. The highest BCUT2D eigenvalue weighted by Gasteiger charge is 2.07. The van der Waals surface area contributed by atoms with Crippen molar-refractivity contribution in [2.24, 2.45) is 0 Å². The fourth-order valence-corrected chi connectivity index (χ4v) is 1.61. The first-order chi connectivity index (χ1) is 8.35. The zero-order valence-electron chi connectivity index (χ0n) is 9.76. The lowest BCUT2D eigenvalue weighted by atomic mass is 10.2. The van der Waals surface area contributed by atoms with E-state index in [-0.39, 0.29) is 12.6 Å². The fraction of sp³-hybridized carbons (Fsp3) is 0.308. The van der Waals surface area contributed by atoms with Crippen LogP contribution in [0.25, 0.3) is 10.9 Å². The van der Waals surface area contributed by atoms with Crippen LogP contribution in [0.3, 0.4) is 0 Å². The number of benzene rings is 1. The number of rotatable bonds is 5. The summed E-state index contributed by atoms with van der Waals surface area (Å²) in [5, 5.41) is 13.1. The van der Waals surface area contributed by atoms with E-state index in [1.165, 1.54) is 0 Å². The predicted molar refractivity (Wildman–Crippen MR) is 67.2 cm³/mol. The third kappa shape index (κ3) is 2.72. The molecule has 0 radical (unpaired) electrons. The fourth-order valence-electron chi connectivity index (χ4n) is 1.61. The highest BCUT2D eigenvalue weighted by Crippen LogP contribution is 2.22. The monoisotopic (exact) mass is 232 g/mol. The summed E-state index contributed by atoms with van der Waals surface area (Å²) in [6, 6.07) is 9.66. The number of aliphatic hydroxyl groups is 1. The summed E-state index contributed by atoms with van der Waals surface area (Å²) in [6.07, 6.45) is 1.75. The Morgan fingerprint density at radius 1 is 1.35 bits per heavy atom. The molecule has 1 aromatic carbocycles. The summed E-state index contributed by atoms with van der Waals surface area (Å²) in [4.78, 5) is 4.30. The number of aromatic nitrogens is 1. The molecule has 0 spiro atoms. The van der Waals surface area contributed by atoms with E-state index < -0.39 is 0 Å². The SMILES string of the molecule is CNC(CO)COc1cccc2cccnc12. The molecular weight excluding hydrogens is 216 g/mol. The van der Waals surface area contributed by atoms with Gasteiger partial charge in [-0.15, -0.1) is 0 Å². The molecular formula is C13H16N2O2. The van der Waals surface area contributed by atoms with Crippen LogP contribution in [-0.2, 0) is 0 Å². The van der Waals surface area contributed by atoms with Crippen LogP contribution in [0.1, 0.15) is 0 Å². The van der Waals surface area contributed by atoms with Crippen molar-refractivity contribution in [3.05, 3.63) is 36.5 Å². The molecule has 1 atom stereocenters. The molecule has 1 heterocycles. The number of fused-ring (bicyclic) bond motifs is 1. The van der Waals surface area contributed by atoms with Crippen molar-refractivity contribution in [1.29, 1.82) is 0 Å². The Labute approximate surface area is 100 Å². The molecule has 1 unspecified atom stereocenters. The molecule has 4 nitrogen and oxygen atoms in total. The molecule has 0 fully saturated rings.